The van der Waals surface area contributed by atoms with Crippen molar-refractivity contribution in [1.82, 2.24) is 4.57 Å². The highest BCUT2D eigenvalue weighted by atomic mass is 35.5. The summed E-state index contributed by atoms with van der Waals surface area (Å²) in [5.41, 5.74) is 1.17. The second kappa shape index (κ2) is 13.1. The molecule has 0 N–H and O–H groups in total. The topological polar surface area (TPSA) is 105 Å². The van der Waals surface area contributed by atoms with Gasteiger partial charge >= 0.3 is 11.9 Å². The average molecular weight is 640 g/mol. The number of hydrogen-bond acceptors (Lipinski definition) is 9. The molecule has 2 aromatic carbocycles. The maximum absolute atomic E-state index is 13.9. The summed E-state index contributed by atoms with van der Waals surface area (Å²) in [7, 11) is 1.26. The summed E-state index contributed by atoms with van der Waals surface area (Å²) in [6.07, 6.45) is 1.58. The highest BCUT2D eigenvalue weighted by Gasteiger charge is 2.34. The van der Waals surface area contributed by atoms with E-state index in [0.29, 0.717) is 49.3 Å². The predicted octanol–water partition coefficient (Wildman–Crippen LogP) is 4.71. The number of esters is 2. The van der Waals surface area contributed by atoms with E-state index in [-0.39, 0.29) is 28.8 Å². The fraction of sp³-hybridized carbons (Fsp3) is 0.286. The van der Waals surface area contributed by atoms with Crippen molar-refractivity contribution in [3.8, 4) is 11.5 Å². The van der Waals surface area contributed by atoms with Gasteiger partial charge in [-0.2, -0.15) is 0 Å². The Kier molecular flexibility index (Phi) is 9.80. The van der Waals surface area contributed by atoms with Gasteiger partial charge in [-0.15, -0.1) is 0 Å². The van der Waals surface area contributed by atoms with Crippen LogP contribution in [-0.2, 0) is 19.1 Å². The normalized spacial score (nSPS) is 14.8. The van der Waals surface area contributed by atoms with E-state index in [4.69, 9.17) is 49.0 Å². The van der Waals surface area contributed by atoms with Gasteiger partial charge in [-0.3, -0.25) is 9.36 Å². The third-order valence-electron chi connectivity index (χ3n) is 5.98. The summed E-state index contributed by atoms with van der Waals surface area (Å²) < 4.78 is 23.1. The minimum atomic E-state index is -0.903. The molecule has 216 valence electrons. The standard InChI is InChI=1S/C28H25Cl3N2O7S/c1-5-38-20-10-15(7-8-19(20)40-13-22(34)37-4)25-23(27(36)39-6-2)14(3)32-28-33(25)26(35)21(41-28)11-16-9-17(29)12-18(30)24(16)31/h7-12,25H,5-6,13H2,1-4H3/b21-11-/t25-/m0/s1. The van der Waals surface area contributed by atoms with E-state index in [1.54, 1.807) is 51.1 Å². The Labute approximate surface area is 254 Å². The van der Waals surface area contributed by atoms with Crippen molar-refractivity contribution in [2.75, 3.05) is 26.9 Å². The molecule has 0 unspecified atom stereocenters. The quantitative estimate of drug-likeness (QED) is 0.247. The number of fused-ring (bicyclic) bond motifs is 1. The first-order valence-electron chi connectivity index (χ1n) is 12.4. The molecule has 1 aliphatic rings. The lowest BCUT2D eigenvalue weighted by atomic mass is 9.95. The number of aromatic nitrogens is 1. The molecule has 13 heteroatoms. The van der Waals surface area contributed by atoms with Crippen LogP contribution in [0.15, 0.2) is 51.4 Å². The monoisotopic (exact) mass is 638 g/mol. The molecule has 0 aliphatic carbocycles. The van der Waals surface area contributed by atoms with Gasteiger partial charge in [0.1, 0.15) is 0 Å². The van der Waals surface area contributed by atoms with E-state index in [2.05, 4.69) is 9.73 Å². The van der Waals surface area contributed by atoms with Crippen LogP contribution in [0.25, 0.3) is 6.08 Å². The Morgan fingerprint density at radius 2 is 1.83 bits per heavy atom. The largest absolute Gasteiger partial charge is 0.490 e. The van der Waals surface area contributed by atoms with E-state index in [1.807, 2.05) is 0 Å². The second-order valence-corrected chi connectivity index (χ2v) is 10.8. The molecule has 0 saturated heterocycles. The number of carbonyl (C=O) groups is 2. The molecular weight excluding hydrogens is 615 g/mol. The number of hydrogen-bond donors (Lipinski definition) is 0. The zero-order chi connectivity index (χ0) is 29.8. The minimum Gasteiger partial charge on any atom is -0.490 e. The molecule has 0 radical (unpaired) electrons. The van der Waals surface area contributed by atoms with Crippen LogP contribution in [0.5, 0.6) is 11.5 Å². The highest BCUT2D eigenvalue weighted by Crippen LogP contribution is 2.36. The lowest BCUT2D eigenvalue weighted by molar-refractivity contribution is -0.143. The van der Waals surface area contributed by atoms with Crippen LogP contribution in [0.3, 0.4) is 0 Å². The Morgan fingerprint density at radius 1 is 1.07 bits per heavy atom. The van der Waals surface area contributed by atoms with Gasteiger partial charge in [0.15, 0.2) is 22.9 Å². The van der Waals surface area contributed by atoms with E-state index in [0.717, 1.165) is 11.3 Å². The molecule has 0 saturated carbocycles. The summed E-state index contributed by atoms with van der Waals surface area (Å²) >= 11 is 19.9. The molecule has 2 heterocycles. The van der Waals surface area contributed by atoms with Crippen LogP contribution in [0.2, 0.25) is 15.1 Å². The average Bonchev–Trinajstić information content (AvgIpc) is 3.23. The maximum Gasteiger partial charge on any atom is 0.343 e. The number of ether oxygens (including phenoxy) is 4. The molecule has 1 aliphatic heterocycles. The Morgan fingerprint density at radius 3 is 2.51 bits per heavy atom. The smallest absolute Gasteiger partial charge is 0.343 e. The molecule has 0 fully saturated rings. The Balaban J connectivity index is 1.93. The van der Waals surface area contributed by atoms with Gasteiger partial charge in [0.2, 0.25) is 0 Å². The Hall–Kier alpha value is -3.31. The summed E-state index contributed by atoms with van der Waals surface area (Å²) in [6, 6.07) is 7.15. The van der Waals surface area contributed by atoms with Gasteiger partial charge in [0.25, 0.3) is 5.56 Å². The van der Waals surface area contributed by atoms with Gasteiger partial charge in [0, 0.05) is 5.02 Å². The van der Waals surface area contributed by atoms with Crippen molar-refractivity contribution in [2.24, 2.45) is 4.99 Å². The van der Waals surface area contributed by atoms with Crippen molar-refractivity contribution < 1.29 is 28.5 Å². The fourth-order valence-corrected chi connectivity index (χ4v) is 5.92. The number of nitrogens with zero attached hydrogens (tertiary/aromatic N) is 2. The van der Waals surface area contributed by atoms with Crippen LogP contribution in [0, 0.1) is 0 Å². The molecule has 0 bridgehead atoms. The predicted molar refractivity (Wildman–Crippen MR) is 157 cm³/mol. The molecule has 9 nitrogen and oxygen atoms in total. The molecular formula is C28H25Cl3N2O7S. The van der Waals surface area contributed by atoms with Crippen LogP contribution in [0.4, 0.5) is 0 Å². The van der Waals surface area contributed by atoms with E-state index < -0.39 is 23.5 Å². The van der Waals surface area contributed by atoms with Crippen molar-refractivity contribution >= 4 is 64.2 Å². The number of benzene rings is 2. The van der Waals surface area contributed by atoms with Crippen LogP contribution < -0.4 is 24.4 Å². The fourth-order valence-electron chi connectivity index (χ4n) is 4.21. The van der Waals surface area contributed by atoms with Crippen LogP contribution in [-0.4, -0.2) is 43.4 Å². The minimum absolute atomic E-state index is 0.130. The SMILES string of the molecule is CCOC(=O)C1=C(C)N=c2s/c(=C\c3cc(Cl)cc(Cl)c3Cl)c(=O)n2[C@H]1c1ccc(OCC(=O)OC)c(OCC)c1. The summed E-state index contributed by atoms with van der Waals surface area (Å²) in [5, 5.41) is 0.843. The van der Waals surface area contributed by atoms with E-state index >= 15 is 0 Å². The molecule has 0 amide bonds. The first kappa shape index (κ1) is 30.6. The molecule has 41 heavy (non-hydrogen) atoms. The van der Waals surface area contributed by atoms with Crippen LogP contribution in [0.1, 0.15) is 37.9 Å². The van der Waals surface area contributed by atoms with E-state index in [1.165, 1.54) is 17.7 Å². The first-order valence-corrected chi connectivity index (χ1v) is 14.3. The lowest BCUT2D eigenvalue weighted by Crippen LogP contribution is -2.40. The van der Waals surface area contributed by atoms with E-state index in [9.17, 15) is 14.4 Å². The summed E-state index contributed by atoms with van der Waals surface area (Å²) in [5.74, 6) is -0.567. The zero-order valence-electron chi connectivity index (χ0n) is 22.5. The number of allylic oxidation sites excluding steroid dienone is 1. The maximum atomic E-state index is 13.9. The second-order valence-electron chi connectivity index (χ2n) is 8.60. The highest BCUT2D eigenvalue weighted by molar-refractivity contribution is 7.07. The number of rotatable bonds is 9. The van der Waals surface area contributed by atoms with Crippen molar-refractivity contribution in [1.29, 1.82) is 0 Å². The number of methoxy groups -OCH3 is 1. The molecule has 1 aromatic heterocycles. The Bertz CT molecular complexity index is 1730. The number of carbonyl (C=O) groups excluding carboxylic acids is 2. The number of halogens is 3. The van der Waals surface area contributed by atoms with Crippen molar-refractivity contribution in [2.45, 2.75) is 26.8 Å². The summed E-state index contributed by atoms with van der Waals surface area (Å²) in [4.78, 5) is 43.7. The molecule has 1 atom stereocenters. The molecule has 0 spiro atoms. The van der Waals surface area contributed by atoms with Gasteiger partial charge in [-0.1, -0.05) is 52.2 Å². The van der Waals surface area contributed by atoms with Crippen molar-refractivity contribution in [3.63, 3.8) is 0 Å². The van der Waals surface area contributed by atoms with Gasteiger partial charge in [-0.05, 0) is 62.2 Å². The molecule has 4 rings (SSSR count). The zero-order valence-corrected chi connectivity index (χ0v) is 25.5. The summed E-state index contributed by atoms with van der Waals surface area (Å²) in [6.45, 7) is 5.27. The van der Waals surface area contributed by atoms with Gasteiger partial charge < -0.3 is 18.9 Å². The molecule has 3 aromatic rings. The van der Waals surface area contributed by atoms with Gasteiger partial charge in [0.05, 0.1) is 52.2 Å². The van der Waals surface area contributed by atoms with Crippen molar-refractivity contribution in [3.05, 3.63) is 87.5 Å². The number of thiazole rings is 1. The third-order valence-corrected chi connectivity index (χ3v) is 8.00. The first-order chi connectivity index (χ1) is 19.6. The lowest BCUT2D eigenvalue weighted by Gasteiger charge is -2.25. The van der Waals surface area contributed by atoms with Crippen LogP contribution >= 0.6 is 46.1 Å². The van der Waals surface area contributed by atoms with Gasteiger partial charge in [-0.25, -0.2) is 14.6 Å². The third kappa shape index (κ3) is 6.46.